The van der Waals surface area contributed by atoms with Crippen LogP contribution in [-0.4, -0.2) is 27.5 Å². The SMILES string of the molecule is O=C(O)CCOc1ccc(-n2cccn2)cc1. The first-order chi connectivity index (χ1) is 8.25. The van der Waals surface area contributed by atoms with Gasteiger partial charge in [0, 0.05) is 12.4 Å². The highest BCUT2D eigenvalue weighted by molar-refractivity contribution is 5.66. The van der Waals surface area contributed by atoms with Crippen LogP contribution in [0.2, 0.25) is 0 Å². The number of carbonyl (C=O) groups is 1. The molecule has 2 aromatic rings. The average Bonchev–Trinajstić information content (AvgIpc) is 2.83. The summed E-state index contributed by atoms with van der Waals surface area (Å²) in [4.78, 5) is 10.3. The van der Waals surface area contributed by atoms with E-state index in [-0.39, 0.29) is 13.0 Å². The lowest BCUT2D eigenvalue weighted by Crippen LogP contribution is -2.04. The normalized spacial score (nSPS) is 10.1. The predicted molar refractivity (Wildman–Crippen MR) is 61.3 cm³/mol. The molecule has 0 aliphatic carbocycles. The number of hydrogen-bond donors (Lipinski definition) is 1. The summed E-state index contributed by atoms with van der Waals surface area (Å²) in [6.45, 7) is 0.177. The number of aromatic nitrogens is 2. The highest BCUT2D eigenvalue weighted by Gasteiger charge is 2.00. The highest BCUT2D eigenvalue weighted by atomic mass is 16.5. The van der Waals surface area contributed by atoms with Crippen molar-refractivity contribution in [2.45, 2.75) is 6.42 Å². The maximum Gasteiger partial charge on any atom is 0.306 e. The lowest BCUT2D eigenvalue weighted by atomic mass is 10.3. The molecule has 0 spiro atoms. The number of rotatable bonds is 5. The molecule has 1 heterocycles. The fourth-order valence-corrected chi connectivity index (χ4v) is 1.37. The molecule has 1 aromatic heterocycles. The van der Waals surface area contributed by atoms with Crippen molar-refractivity contribution < 1.29 is 14.6 Å². The summed E-state index contributed by atoms with van der Waals surface area (Å²) in [6, 6.07) is 9.15. The van der Waals surface area contributed by atoms with Crippen LogP contribution < -0.4 is 4.74 Å². The maximum atomic E-state index is 10.3. The van der Waals surface area contributed by atoms with Crippen LogP contribution in [0.25, 0.3) is 5.69 Å². The van der Waals surface area contributed by atoms with E-state index in [1.807, 2.05) is 24.4 Å². The van der Waals surface area contributed by atoms with Crippen molar-refractivity contribution in [3.63, 3.8) is 0 Å². The standard InChI is InChI=1S/C12H12N2O3/c15-12(16)6-9-17-11-4-2-10(3-5-11)14-8-1-7-13-14/h1-5,7-8H,6,9H2,(H,15,16). The number of carboxylic acid groups (broad SMARTS) is 1. The van der Waals surface area contributed by atoms with Crippen LogP contribution in [-0.2, 0) is 4.79 Å². The van der Waals surface area contributed by atoms with Crippen molar-refractivity contribution in [1.29, 1.82) is 0 Å². The van der Waals surface area contributed by atoms with E-state index in [0.29, 0.717) is 5.75 Å². The van der Waals surface area contributed by atoms with E-state index < -0.39 is 5.97 Å². The molecule has 1 N–H and O–H groups in total. The van der Waals surface area contributed by atoms with Crippen LogP contribution in [0.15, 0.2) is 42.7 Å². The zero-order valence-electron chi connectivity index (χ0n) is 9.11. The quantitative estimate of drug-likeness (QED) is 0.852. The van der Waals surface area contributed by atoms with E-state index in [1.54, 1.807) is 23.0 Å². The van der Waals surface area contributed by atoms with Gasteiger partial charge in [0.05, 0.1) is 18.7 Å². The third kappa shape index (κ3) is 3.07. The monoisotopic (exact) mass is 232 g/mol. The van der Waals surface area contributed by atoms with Crippen LogP contribution in [0.1, 0.15) is 6.42 Å². The minimum Gasteiger partial charge on any atom is -0.493 e. The van der Waals surface area contributed by atoms with Crippen molar-refractivity contribution in [3.8, 4) is 11.4 Å². The molecule has 5 nitrogen and oxygen atoms in total. The Morgan fingerprint density at radius 2 is 2.12 bits per heavy atom. The van der Waals surface area contributed by atoms with Crippen LogP contribution in [0.4, 0.5) is 0 Å². The largest absolute Gasteiger partial charge is 0.493 e. The first-order valence-corrected chi connectivity index (χ1v) is 5.20. The van der Waals surface area contributed by atoms with E-state index in [2.05, 4.69) is 5.10 Å². The van der Waals surface area contributed by atoms with Gasteiger partial charge in [0.2, 0.25) is 0 Å². The lowest BCUT2D eigenvalue weighted by Gasteiger charge is -2.05. The second-order valence-corrected chi connectivity index (χ2v) is 3.44. The van der Waals surface area contributed by atoms with Crippen molar-refractivity contribution in [2.75, 3.05) is 6.61 Å². The summed E-state index contributed by atoms with van der Waals surface area (Å²) >= 11 is 0. The molecular formula is C12H12N2O3. The average molecular weight is 232 g/mol. The molecule has 0 aliphatic heterocycles. The zero-order chi connectivity index (χ0) is 12.1. The van der Waals surface area contributed by atoms with E-state index >= 15 is 0 Å². The Balaban J connectivity index is 1.96. The second kappa shape index (κ2) is 5.16. The predicted octanol–water partition coefficient (Wildman–Crippen LogP) is 1.73. The molecule has 0 aliphatic rings. The van der Waals surface area contributed by atoms with Gasteiger partial charge in [0.25, 0.3) is 0 Å². The Labute approximate surface area is 98.3 Å². The van der Waals surface area contributed by atoms with Gasteiger partial charge in [0.15, 0.2) is 0 Å². The number of carboxylic acids is 1. The molecule has 1 aromatic carbocycles. The number of hydrogen-bond acceptors (Lipinski definition) is 3. The Kier molecular flexibility index (Phi) is 3.40. The molecule has 0 amide bonds. The fourth-order valence-electron chi connectivity index (χ4n) is 1.37. The molecule has 0 fully saturated rings. The number of aliphatic carboxylic acids is 1. The fraction of sp³-hybridized carbons (Fsp3) is 0.167. The van der Waals surface area contributed by atoms with Crippen molar-refractivity contribution in [2.24, 2.45) is 0 Å². The third-order valence-corrected chi connectivity index (χ3v) is 2.19. The molecule has 0 unspecified atom stereocenters. The van der Waals surface area contributed by atoms with Gasteiger partial charge in [0.1, 0.15) is 5.75 Å². The van der Waals surface area contributed by atoms with Gasteiger partial charge in [-0.3, -0.25) is 4.79 Å². The molecule has 2 rings (SSSR count). The Morgan fingerprint density at radius 1 is 1.35 bits per heavy atom. The van der Waals surface area contributed by atoms with Crippen molar-refractivity contribution >= 4 is 5.97 Å². The van der Waals surface area contributed by atoms with E-state index in [1.165, 1.54) is 0 Å². The second-order valence-electron chi connectivity index (χ2n) is 3.44. The topological polar surface area (TPSA) is 64.3 Å². The molecule has 0 radical (unpaired) electrons. The molecule has 17 heavy (non-hydrogen) atoms. The minimum atomic E-state index is -0.863. The molecule has 0 atom stereocenters. The van der Waals surface area contributed by atoms with E-state index in [0.717, 1.165) is 5.69 Å². The van der Waals surface area contributed by atoms with Crippen molar-refractivity contribution in [1.82, 2.24) is 9.78 Å². The summed E-state index contributed by atoms with van der Waals surface area (Å²) in [5.41, 5.74) is 0.931. The van der Waals surface area contributed by atoms with Gasteiger partial charge in [-0.25, -0.2) is 4.68 Å². The van der Waals surface area contributed by atoms with Crippen LogP contribution in [0.3, 0.4) is 0 Å². The third-order valence-electron chi connectivity index (χ3n) is 2.19. The summed E-state index contributed by atoms with van der Waals surface area (Å²) < 4.78 is 7.02. The van der Waals surface area contributed by atoms with Crippen LogP contribution >= 0.6 is 0 Å². The van der Waals surface area contributed by atoms with E-state index in [9.17, 15) is 4.79 Å². The van der Waals surface area contributed by atoms with Gasteiger partial charge in [-0.2, -0.15) is 5.10 Å². The molecule has 0 bridgehead atoms. The zero-order valence-corrected chi connectivity index (χ0v) is 9.11. The summed E-state index contributed by atoms with van der Waals surface area (Å²) in [5, 5.41) is 12.6. The minimum absolute atomic E-state index is 0.000900. The highest BCUT2D eigenvalue weighted by Crippen LogP contribution is 2.14. The van der Waals surface area contributed by atoms with Gasteiger partial charge in [-0.1, -0.05) is 0 Å². The first-order valence-electron chi connectivity index (χ1n) is 5.20. The summed E-state index contributed by atoms with van der Waals surface area (Å²) in [7, 11) is 0. The summed E-state index contributed by atoms with van der Waals surface area (Å²) in [6.07, 6.45) is 3.55. The van der Waals surface area contributed by atoms with Gasteiger partial charge in [-0.15, -0.1) is 0 Å². The van der Waals surface area contributed by atoms with Crippen LogP contribution in [0.5, 0.6) is 5.75 Å². The molecule has 88 valence electrons. The lowest BCUT2D eigenvalue weighted by molar-refractivity contribution is -0.137. The Bertz CT molecular complexity index is 477. The smallest absolute Gasteiger partial charge is 0.306 e. The molecule has 0 saturated heterocycles. The van der Waals surface area contributed by atoms with Gasteiger partial charge >= 0.3 is 5.97 Å². The molecule has 0 saturated carbocycles. The number of ether oxygens (including phenoxy) is 1. The molecule has 5 heteroatoms. The molecular weight excluding hydrogens is 220 g/mol. The van der Waals surface area contributed by atoms with Gasteiger partial charge < -0.3 is 9.84 Å². The number of benzene rings is 1. The van der Waals surface area contributed by atoms with Crippen molar-refractivity contribution in [3.05, 3.63) is 42.7 Å². The maximum absolute atomic E-state index is 10.3. The van der Waals surface area contributed by atoms with Crippen LogP contribution in [0, 0.1) is 0 Å². The van der Waals surface area contributed by atoms with Gasteiger partial charge in [-0.05, 0) is 30.3 Å². The Hall–Kier alpha value is -2.30. The first kappa shape index (κ1) is 11.2. The Morgan fingerprint density at radius 3 is 2.71 bits per heavy atom. The number of nitrogens with zero attached hydrogens (tertiary/aromatic N) is 2. The summed E-state index contributed by atoms with van der Waals surface area (Å²) in [5.74, 6) is -0.208. The van der Waals surface area contributed by atoms with E-state index in [4.69, 9.17) is 9.84 Å².